The molecule has 2 N–H and O–H groups in total. The van der Waals surface area contributed by atoms with Crippen molar-refractivity contribution >= 4 is 11.6 Å². The van der Waals surface area contributed by atoms with Crippen LogP contribution in [-0.2, 0) is 4.79 Å². The van der Waals surface area contributed by atoms with Crippen molar-refractivity contribution in [2.75, 3.05) is 11.9 Å². The van der Waals surface area contributed by atoms with Crippen LogP contribution in [0.25, 0.3) is 0 Å². The molecule has 0 heterocycles. The summed E-state index contributed by atoms with van der Waals surface area (Å²) in [5.41, 5.74) is 0.0443. The maximum atomic E-state index is 13.4. The molecule has 0 spiro atoms. The van der Waals surface area contributed by atoms with Crippen LogP contribution >= 0.6 is 0 Å². The predicted octanol–water partition coefficient (Wildman–Crippen LogP) is 2.37. The third-order valence-corrected chi connectivity index (χ3v) is 2.33. The van der Waals surface area contributed by atoms with Gasteiger partial charge in [-0.3, -0.25) is 4.79 Å². The number of carbonyl (C=O) groups is 1. The number of nitrogens with one attached hydrogen (secondary N) is 1. The molecule has 0 aliphatic rings. The van der Waals surface area contributed by atoms with Crippen molar-refractivity contribution in [1.29, 1.82) is 0 Å². The van der Waals surface area contributed by atoms with E-state index in [-0.39, 0.29) is 30.2 Å². The highest BCUT2D eigenvalue weighted by Crippen LogP contribution is 2.19. The molecule has 5 heteroatoms. The van der Waals surface area contributed by atoms with Crippen molar-refractivity contribution in [3.8, 4) is 0 Å². The van der Waals surface area contributed by atoms with Gasteiger partial charge in [-0.25, -0.2) is 8.78 Å². The molecule has 1 rings (SSSR count). The maximum absolute atomic E-state index is 13.4. The van der Waals surface area contributed by atoms with Crippen molar-refractivity contribution in [3.63, 3.8) is 0 Å². The fourth-order valence-corrected chi connectivity index (χ4v) is 1.35. The van der Waals surface area contributed by atoms with E-state index in [9.17, 15) is 13.6 Å². The Morgan fingerprint density at radius 2 is 2.00 bits per heavy atom. The minimum atomic E-state index is -0.653. The number of unbranched alkanes of at least 4 members (excludes halogenated alkanes) is 1. The van der Waals surface area contributed by atoms with E-state index in [2.05, 4.69) is 5.32 Å². The average Bonchev–Trinajstić information content (AvgIpc) is 2.26. The Kier molecular flexibility index (Phi) is 5.03. The molecular weight excluding hydrogens is 228 g/mol. The number of benzene rings is 1. The number of halogens is 2. The maximum Gasteiger partial charge on any atom is 0.224 e. The molecule has 1 aromatic rings. The number of amides is 1. The second kappa shape index (κ2) is 6.30. The minimum Gasteiger partial charge on any atom is -0.396 e. The first-order chi connectivity index (χ1) is 8.04. The molecule has 17 heavy (non-hydrogen) atoms. The van der Waals surface area contributed by atoms with Gasteiger partial charge in [-0.2, -0.15) is 0 Å². The Labute approximate surface area is 98.5 Å². The second-order valence-electron chi connectivity index (χ2n) is 3.81. The lowest BCUT2D eigenvalue weighted by atomic mass is 10.2. The second-order valence-corrected chi connectivity index (χ2v) is 3.81. The monoisotopic (exact) mass is 243 g/mol. The number of carbonyl (C=O) groups excluding carboxylic acids is 1. The summed E-state index contributed by atoms with van der Waals surface area (Å²) in [7, 11) is 0. The van der Waals surface area contributed by atoms with E-state index in [4.69, 9.17) is 5.11 Å². The molecule has 0 bridgehead atoms. The normalized spacial score (nSPS) is 10.4. The van der Waals surface area contributed by atoms with Crippen molar-refractivity contribution in [2.24, 2.45) is 0 Å². The van der Waals surface area contributed by atoms with Crippen LogP contribution in [0.1, 0.15) is 24.8 Å². The number of aliphatic hydroxyl groups is 1. The predicted molar refractivity (Wildman–Crippen MR) is 60.7 cm³/mol. The molecule has 0 saturated carbocycles. The van der Waals surface area contributed by atoms with Crippen LogP contribution in [0.3, 0.4) is 0 Å². The van der Waals surface area contributed by atoms with Crippen LogP contribution in [0.2, 0.25) is 0 Å². The molecule has 0 aromatic heterocycles. The van der Waals surface area contributed by atoms with Gasteiger partial charge in [0, 0.05) is 19.1 Å². The molecule has 1 aromatic carbocycles. The zero-order valence-electron chi connectivity index (χ0n) is 9.59. The Balaban J connectivity index is 2.62. The SMILES string of the molecule is Cc1cc(F)c(NC(=O)CCCCO)cc1F. The lowest BCUT2D eigenvalue weighted by molar-refractivity contribution is -0.116. The topological polar surface area (TPSA) is 49.3 Å². The summed E-state index contributed by atoms with van der Waals surface area (Å²) in [6.07, 6.45) is 1.20. The summed E-state index contributed by atoms with van der Waals surface area (Å²) in [6.45, 7) is 1.46. The fourth-order valence-electron chi connectivity index (χ4n) is 1.35. The van der Waals surface area contributed by atoms with E-state index in [1.165, 1.54) is 6.92 Å². The van der Waals surface area contributed by atoms with Crippen LogP contribution in [0, 0.1) is 18.6 Å². The third kappa shape index (κ3) is 4.11. The molecule has 0 aliphatic carbocycles. The van der Waals surface area contributed by atoms with Crippen LogP contribution in [0.5, 0.6) is 0 Å². The van der Waals surface area contributed by atoms with E-state index in [1.807, 2.05) is 0 Å². The molecule has 3 nitrogen and oxygen atoms in total. The van der Waals surface area contributed by atoms with Gasteiger partial charge in [0.05, 0.1) is 5.69 Å². The van der Waals surface area contributed by atoms with Gasteiger partial charge in [-0.05, 0) is 31.4 Å². The largest absolute Gasteiger partial charge is 0.396 e. The number of rotatable bonds is 5. The zero-order chi connectivity index (χ0) is 12.8. The molecular formula is C12H15F2NO2. The Hall–Kier alpha value is -1.49. The third-order valence-electron chi connectivity index (χ3n) is 2.33. The standard InChI is InChI=1S/C12H15F2NO2/c1-8-6-10(14)11(7-9(8)13)15-12(17)4-2-3-5-16/h6-7,16H,2-5H2,1H3,(H,15,17). The summed E-state index contributed by atoms with van der Waals surface area (Å²) in [6, 6.07) is 2.01. The van der Waals surface area contributed by atoms with Crippen molar-refractivity contribution in [2.45, 2.75) is 26.2 Å². The van der Waals surface area contributed by atoms with Gasteiger partial charge in [0.2, 0.25) is 5.91 Å². The van der Waals surface area contributed by atoms with E-state index in [0.29, 0.717) is 12.8 Å². The molecule has 1 amide bonds. The molecule has 0 atom stereocenters. The fraction of sp³-hybridized carbons (Fsp3) is 0.417. The van der Waals surface area contributed by atoms with Crippen LogP contribution in [-0.4, -0.2) is 17.6 Å². The summed E-state index contributed by atoms with van der Waals surface area (Å²) < 4.78 is 26.5. The molecule has 0 unspecified atom stereocenters. The number of hydrogen-bond donors (Lipinski definition) is 2. The molecule has 0 radical (unpaired) electrons. The van der Waals surface area contributed by atoms with E-state index < -0.39 is 11.6 Å². The average molecular weight is 243 g/mol. The summed E-state index contributed by atoms with van der Waals surface area (Å²) in [5.74, 6) is -1.60. The smallest absolute Gasteiger partial charge is 0.224 e. The van der Waals surface area contributed by atoms with E-state index in [0.717, 1.165) is 12.1 Å². The Bertz CT molecular complexity index is 408. The van der Waals surface area contributed by atoms with Gasteiger partial charge in [-0.15, -0.1) is 0 Å². The lowest BCUT2D eigenvalue weighted by Gasteiger charge is -2.07. The number of aryl methyl sites for hydroxylation is 1. The highest BCUT2D eigenvalue weighted by Gasteiger charge is 2.10. The van der Waals surface area contributed by atoms with E-state index in [1.54, 1.807) is 0 Å². The lowest BCUT2D eigenvalue weighted by Crippen LogP contribution is -2.13. The first-order valence-corrected chi connectivity index (χ1v) is 5.41. The van der Waals surface area contributed by atoms with Gasteiger partial charge in [0.1, 0.15) is 11.6 Å². The van der Waals surface area contributed by atoms with Crippen molar-refractivity contribution in [3.05, 3.63) is 29.3 Å². The summed E-state index contributed by atoms with van der Waals surface area (Å²) in [5, 5.41) is 10.8. The summed E-state index contributed by atoms with van der Waals surface area (Å²) in [4.78, 5) is 11.4. The zero-order valence-corrected chi connectivity index (χ0v) is 9.59. The van der Waals surface area contributed by atoms with Crippen molar-refractivity contribution < 1.29 is 18.7 Å². The number of aliphatic hydroxyl groups excluding tert-OH is 1. The first kappa shape index (κ1) is 13.6. The highest BCUT2D eigenvalue weighted by molar-refractivity contribution is 5.90. The van der Waals surface area contributed by atoms with Crippen LogP contribution < -0.4 is 5.32 Å². The molecule has 0 aliphatic heterocycles. The Morgan fingerprint density at radius 3 is 2.65 bits per heavy atom. The number of hydrogen-bond acceptors (Lipinski definition) is 2. The van der Waals surface area contributed by atoms with Crippen molar-refractivity contribution in [1.82, 2.24) is 0 Å². The van der Waals surface area contributed by atoms with Crippen LogP contribution in [0.4, 0.5) is 14.5 Å². The first-order valence-electron chi connectivity index (χ1n) is 5.41. The minimum absolute atomic E-state index is 0.0147. The summed E-state index contributed by atoms with van der Waals surface area (Å²) >= 11 is 0. The molecule has 0 fully saturated rings. The van der Waals surface area contributed by atoms with E-state index >= 15 is 0 Å². The number of anilines is 1. The Morgan fingerprint density at radius 1 is 1.29 bits per heavy atom. The molecule has 0 saturated heterocycles. The van der Waals surface area contributed by atoms with Gasteiger partial charge >= 0.3 is 0 Å². The molecule has 94 valence electrons. The van der Waals surface area contributed by atoms with Gasteiger partial charge < -0.3 is 10.4 Å². The van der Waals surface area contributed by atoms with Gasteiger partial charge in [0.25, 0.3) is 0 Å². The van der Waals surface area contributed by atoms with Gasteiger partial charge in [-0.1, -0.05) is 0 Å². The quantitative estimate of drug-likeness (QED) is 0.780. The highest BCUT2D eigenvalue weighted by atomic mass is 19.1. The van der Waals surface area contributed by atoms with Crippen LogP contribution in [0.15, 0.2) is 12.1 Å². The van der Waals surface area contributed by atoms with Gasteiger partial charge in [0.15, 0.2) is 0 Å².